The lowest BCUT2D eigenvalue weighted by Crippen LogP contribution is -2.60. The van der Waals surface area contributed by atoms with Crippen molar-refractivity contribution in [3.8, 4) is 0 Å². The topological polar surface area (TPSA) is 58.6 Å². The highest BCUT2D eigenvalue weighted by Crippen LogP contribution is 2.30. The standard InChI is InChI=1S/C13H23NO3/c1-13(7-8-15)12(16)14-11(9-17-13)10-5-3-2-4-6-10/h10-11,15H,2-9H2,1H3,(H,14,16)/t11-,13+/m0/s1. The van der Waals surface area contributed by atoms with Crippen molar-refractivity contribution in [2.75, 3.05) is 13.2 Å². The Hall–Kier alpha value is -0.610. The van der Waals surface area contributed by atoms with Gasteiger partial charge in [-0.05, 0) is 25.7 Å². The summed E-state index contributed by atoms with van der Waals surface area (Å²) >= 11 is 0. The summed E-state index contributed by atoms with van der Waals surface area (Å²) in [4.78, 5) is 12.0. The molecule has 0 aromatic rings. The molecule has 4 heteroatoms. The van der Waals surface area contributed by atoms with E-state index in [1.54, 1.807) is 6.92 Å². The molecule has 4 nitrogen and oxygen atoms in total. The molecule has 2 fully saturated rings. The fourth-order valence-electron chi connectivity index (χ4n) is 2.89. The Morgan fingerprint density at radius 2 is 2.12 bits per heavy atom. The summed E-state index contributed by atoms with van der Waals surface area (Å²) in [5.41, 5.74) is -0.833. The number of aliphatic hydroxyl groups is 1. The van der Waals surface area contributed by atoms with Gasteiger partial charge in [-0.1, -0.05) is 19.3 Å². The number of nitrogens with one attached hydrogen (secondary N) is 1. The predicted octanol–water partition coefficient (Wildman–Crippen LogP) is 1.22. The second kappa shape index (κ2) is 5.36. The average molecular weight is 241 g/mol. The average Bonchev–Trinajstić information content (AvgIpc) is 2.34. The van der Waals surface area contributed by atoms with Crippen molar-refractivity contribution in [3.63, 3.8) is 0 Å². The third-order valence-corrected chi connectivity index (χ3v) is 4.19. The van der Waals surface area contributed by atoms with Crippen molar-refractivity contribution in [2.24, 2.45) is 5.92 Å². The van der Waals surface area contributed by atoms with Gasteiger partial charge in [0.05, 0.1) is 12.6 Å². The minimum Gasteiger partial charge on any atom is -0.396 e. The SMILES string of the molecule is C[C@]1(CCO)OC[C@@H](C2CCCCC2)NC1=O. The molecule has 2 rings (SSSR count). The Balaban J connectivity index is 1.92. The molecule has 2 atom stereocenters. The van der Waals surface area contributed by atoms with E-state index < -0.39 is 5.60 Å². The maximum absolute atomic E-state index is 12.0. The van der Waals surface area contributed by atoms with Crippen LogP contribution in [0.2, 0.25) is 0 Å². The number of carbonyl (C=O) groups is 1. The van der Waals surface area contributed by atoms with Gasteiger partial charge in [-0.3, -0.25) is 4.79 Å². The molecule has 1 saturated heterocycles. The highest BCUT2D eigenvalue weighted by atomic mass is 16.5. The zero-order valence-electron chi connectivity index (χ0n) is 10.6. The van der Waals surface area contributed by atoms with Crippen LogP contribution in [0.5, 0.6) is 0 Å². The molecular formula is C13H23NO3. The fraction of sp³-hybridized carbons (Fsp3) is 0.923. The molecule has 0 aromatic carbocycles. The van der Waals surface area contributed by atoms with E-state index in [1.807, 2.05) is 0 Å². The van der Waals surface area contributed by atoms with Crippen LogP contribution < -0.4 is 5.32 Å². The summed E-state index contributed by atoms with van der Waals surface area (Å²) in [6.45, 7) is 2.33. The molecule has 1 aliphatic heterocycles. The lowest BCUT2D eigenvalue weighted by molar-refractivity contribution is -0.160. The number of morpholine rings is 1. The monoisotopic (exact) mass is 241 g/mol. The molecule has 1 amide bonds. The van der Waals surface area contributed by atoms with E-state index in [-0.39, 0.29) is 18.6 Å². The molecule has 1 heterocycles. The summed E-state index contributed by atoms with van der Waals surface area (Å²) in [7, 11) is 0. The molecule has 1 aliphatic carbocycles. The van der Waals surface area contributed by atoms with Gasteiger partial charge in [0.2, 0.25) is 0 Å². The number of rotatable bonds is 3. The second-order valence-electron chi connectivity index (χ2n) is 5.49. The minimum absolute atomic E-state index is 0.0159. The summed E-state index contributed by atoms with van der Waals surface area (Å²) < 4.78 is 5.71. The summed E-state index contributed by atoms with van der Waals surface area (Å²) in [6, 6.07) is 0.176. The van der Waals surface area contributed by atoms with Gasteiger partial charge in [0.1, 0.15) is 5.60 Å². The van der Waals surface area contributed by atoms with Crippen molar-refractivity contribution >= 4 is 5.91 Å². The largest absolute Gasteiger partial charge is 0.396 e. The quantitative estimate of drug-likeness (QED) is 0.781. The number of aliphatic hydroxyl groups excluding tert-OH is 1. The molecule has 0 spiro atoms. The van der Waals surface area contributed by atoms with E-state index >= 15 is 0 Å². The van der Waals surface area contributed by atoms with Gasteiger partial charge in [-0.2, -0.15) is 0 Å². The lowest BCUT2D eigenvalue weighted by Gasteiger charge is -2.40. The third kappa shape index (κ3) is 2.80. The number of carbonyl (C=O) groups excluding carboxylic acids is 1. The molecule has 0 bridgehead atoms. The highest BCUT2D eigenvalue weighted by Gasteiger charge is 2.41. The molecular weight excluding hydrogens is 218 g/mol. The van der Waals surface area contributed by atoms with Crippen LogP contribution in [-0.4, -0.2) is 35.9 Å². The van der Waals surface area contributed by atoms with E-state index in [0.717, 1.165) is 0 Å². The zero-order chi connectivity index (χ0) is 12.3. The van der Waals surface area contributed by atoms with Gasteiger partial charge >= 0.3 is 0 Å². The number of amides is 1. The minimum atomic E-state index is -0.833. The molecule has 0 aromatic heterocycles. The Morgan fingerprint density at radius 1 is 1.41 bits per heavy atom. The molecule has 1 saturated carbocycles. The smallest absolute Gasteiger partial charge is 0.252 e. The molecule has 0 radical (unpaired) electrons. The number of hydrogen-bond acceptors (Lipinski definition) is 3. The maximum atomic E-state index is 12.0. The van der Waals surface area contributed by atoms with Gasteiger partial charge in [0.15, 0.2) is 0 Å². The summed E-state index contributed by atoms with van der Waals surface area (Å²) in [5, 5.41) is 12.0. The van der Waals surface area contributed by atoms with Crippen molar-refractivity contribution in [2.45, 2.75) is 57.1 Å². The molecule has 0 unspecified atom stereocenters. The summed E-state index contributed by atoms with van der Waals surface area (Å²) in [6.07, 6.45) is 6.63. The van der Waals surface area contributed by atoms with Crippen molar-refractivity contribution < 1.29 is 14.6 Å². The second-order valence-corrected chi connectivity index (χ2v) is 5.49. The van der Waals surface area contributed by atoms with E-state index in [1.165, 1.54) is 32.1 Å². The Bertz CT molecular complexity index is 276. The zero-order valence-corrected chi connectivity index (χ0v) is 10.6. The van der Waals surface area contributed by atoms with Crippen LogP contribution in [0.4, 0.5) is 0 Å². The molecule has 17 heavy (non-hydrogen) atoms. The maximum Gasteiger partial charge on any atom is 0.252 e. The van der Waals surface area contributed by atoms with Crippen LogP contribution in [-0.2, 0) is 9.53 Å². The van der Waals surface area contributed by atoms with Gasteiger partial charge in [-0.25, -0.2) is 0 Å². The van der Waals surface area contributed by atoms with Gasteiger partial charge in [-0.15, -0.1) is 0 Å². The Labute approximate surface area is 103 Å². The van der Waals surface area contributed by atoms with E-state index in [4.69, 9.17) is 9.84 Å². The first-order valence-electron chi connectivity index (χ1n) is 6.71. The van der Waals surface area contributed by atoms with E-state index in [2.05, 4.69) is 5.32 Å². The number of ether oxygens (including phenoxy) is 1. The Kier molecular flexibility index (Phi) is 4.05. The number of hydrogen-bond donors (Lipinski definition) is 2. The van der Waals surface area contributed by atoms with Crippen LogP contribution >= 0.6 is 0 Å². The van der Waals surface area contributed by atoms with Crippen LogP contribution in [0.3, 0.4) is 0 Å². The molecule has 2 N–H and O–H groups in total. The van der Waals surface area contributed by atoms with Gasteiger partial charge < -0.3 is 15.2 Å². The molecule has 98 valence electrons. The first-order valence-corrected chi connectivity index (χ1v) is 6.71. The van der Waals surface area contributed by atoms with Crippen LogP contribution in [0.25, 0.3) is 0 Å². The van der Waals surface area contributed by atoms with Crippen LogP contribution in [0, 0.1) is 5.92 Å². The normalized spacial score (nSPS) is 35.6. The summed E-state index contributed by atoms with van der Waals surface area (Å²) in [5.74, 6) is 0.514. The van der Waals surface area contributed by atoms with Crippen molar-refractivity contribution in [1.82, 2.24) is 5.32 Å². The van der Waals surface area contributed by atoms with Crippen LogP contribution in [0.15, 0.2) is 0 Å². The predicted molar refractivity (Wildman–Crippen MR) is 64.6 cm³/mol. The fourth-order valence-corrected chi connectivity index (χ4v) is 2.89. The van der Waals surface area contributed by atoms with Crippen LogP contribution in [0.1, 0.15) is 45.4 Å². The van der Waals surface area contributed by atoms with E-state index in [9.17, 15) is 4.79 Å². The first kappa shape index (κ1) is 12.8. The highest BCUT2D eigenvalue weighted by molar-refractivity contribution is 5.85. The third-order valence-electron chi connectivity index (χ3n) is 4.19. The van der Waals surface area contributed by atoms with Crippen molar-refractivity contribution in [1.29, 1.82) is 0 Å². The molecule has 2 aliphatic rings. The van der Waals surface area contributed by atoms with E-state index in [0.29, 0.717) is 18.9 Å². The van der Waals surface area contributed by atoms with Gasteiger partial charge in [0.25, 0.3) is 5.91 Å². The van der Waals surface area contributed by atoms with Crippen molar-refractivity contribution in [3.05, 3.63) is 0 Å². The van der Waals surface area contributed by atoms with Gasteiger partial charge in [0, 0.05) is 13.0 Å². The lowest BCUT2D eigenvalue weighted by atomic mass is 9.83. The first-order chi connectivity index (χ1) is 8.15. The Morgan fingerprint density at radius 3 is 2.71 bits per heavy atom.